The fraction of sp³-hybridized carbons (Fsp3) is 0.714. The zero-order valence-electron chi connectivity index (χ0n) is 7.29. The van der Waals surface area contributed by atoms with E-state index in [1.54, 1.807) is 11.8 Å². The molecule has 0 heterocycles. The second-order valence-electron chi connectivity index (χ2n) is 2.57. The Balaban J connectivity index is 3.61. The Morgan fingerprint density at radius 3 is 2.75 bits per heavy atom. The Bertz CT molecular complexity index is 173. The lowest BCUT2D eigenvalue weighted by Crippen LogP contribution is -2.36. The molecule has 0 aliphatic heterocycles. The van der Waals surface area contributed by atoms with E-state index in [0.717, 1.165) is 5.75 Å². The molecule has 0 rings (SSSR count). The van der Waals surface area contributed by atoms with Crippen LogP contribution in [-0.4, -0.2) is 28.9 Å². The highest BCUT2D eigenvalue weighted by atomic mass is 32.2. The van der Waals surface area contributed by atoms with Crippen LogP contribution in [0.5, 0.6) is 0 Å². The summed E-state index contributed by atoms with van der Waals surface area (Å²) in [5.74, 6) is 0.812. The van der Waals surface area contributed by atoms with Crippen molar-refractivity contribution in [1.29, 1.82) is 0 Å². The molecule has 0 aliphatic rings. The molecular weight excluding hydrogens is 192 g/mol. The fourth-order valence-electron chi connectivity index (χ4n) is 0.776. The van der Waals surface area contributed by atoms with E-state index in [2.05, 4.69) is 17.5 Å². The highest BCUT2D eigenvalue weighted by Gasteiger charge is 2.06. The van der Waals surface area contributed by atoms with E-state index in [-0.39, 0.29) is 23.4 Å². The second kappa shape index (κ2) is 6.25. The zero-order valence-corrected chi connectivity index (χ0v) is 8.93. The van der Waals surface area contributed by atoms with E-state index in [4.69, 9.17) is 5.73 Å². The van der Waals surface area contributed by atoms with Gasteiger partial charge in [0.1, 0.15) is 0 Å². The number of amides is 1. The lowest BCUT2D eigenvalue weighted by Gasteiger charge is -2.11. The van der Waals surface area contributed by atoms with Crippen molar-refractivity contribution in [2.24, 2.45) is 5.73 Å². The molecule has 0 spiro atoms. The summed E-state index contributed by atoms with van der Waals surface area (Å²) in [6, 6.07) is 0.182. The van der Waals surface area contributed by atoms with Crippen LogP contribution in [0.15, 0.2) is 0 Å². The van der Waals surface area contributed by atoms with Crippen molar-refractivity contribution in [1.82, 2.24) is 5.32 Å². The van der Waals surface area contributed by atoms with Gasteiger partial charge in [-0.3, -0.25) is 4.79 Å². The van der Waals surface area contributed by atoms with Gasteiger partial charge in [-0.15, -0.1) is 0 Å². The molecule has 0 bridgehead atoms. The minimum Gasteiger partial charge on any atom is -0.393 e. The van der Waals surface area contributed by atoms with Crippen molar-refractivity contribution in [3.8, 4) is 0 Å². The monoisotopic (exact) mass is 206 g/mol. The highest BCUT2D eigenvalue weighted by Crippen LogP contribution is 1.96. The fourth-order valence-corrected chi connectivity index (χ4v) is 1.49. The molecule has 70 valence electrons. The highest BCUT2D eigenvalue weighted by molar-refractivity contribution is 7.98. The first kappa shape index (κ1) is 11.7. The Kier molecular flexibility index (Phi) is 6.10. The summed E-state index contributed by atoms with van der Waals surface area (Å²) in [6.07, 6.45) is 2.14. The third-order valence-corrected chi connectivity index (χ3v) is 2.14. The van der Waals surface area contributed by atoms with Gasteiger partial charge in [-0.2, -0.15) is 11.8 Å². The van der Waals surface area contributed by atoms with Gasteiger partial charge in [0.05, 0.1) is 11.4 Å². The summed E-state index contributed by atoms with van der Waals surface area (Å²) >= 11 is 6.29. The molecule has 0 aromatic carbocycles. The number of nitrogens with two attached hydrogens (primary N) is 1. The SMILES string of the molecule is CSCC(C)NC(=O)CC(N)=S. The van der Waals surface area contributed by atoms with E-state index in [1.807, 2.05) is 13.2 Å². The minimum absolute atomic E-state index is 0.0935. The van der Waals surface area contributed by atoms with Crippen molar-refractivity contribution >= 4 is 34.9 Å². The van der Waals surface area contributed by atoms with Crippen molar-refractivity contribution in [3.05, 3.63) is 0 Å². The molecule has 3 nitrogen and oxygen atoms in total. The molecule has 0 saturated carbocycles. The number of hydrogen-bond acceptors (Lipinski definition) is 3. The largest absolute Gasteiger partial charge is 0.393 e. The van der Waals surface area contributed by atoms with Crippen molar-refractivity contribution < 1.29 is 4.79 Å². The molecule has 0 fully saturated rings. The predicted octanol–water partition coefficient (Wildman–Crippen LogP) is 0.530. The Labute approximate surface area is 82.5 Å². The first-order valence-electron chi connectivity index (χ1n) is 3.63. The van der Waals surface area contributed by atoms with Crippen LogP contribution in [-0.2, 0) is 4.79 Å². The van der Waals surface area contributed by atoms with Crippen LogP contribution in [0.25, 0.3) is 0 Å². The second-order valence-corrected chi connectivity index (χ2v) is 4.00. The quantitative estimate of drug-likeness (QED) is 0.644. The van der Waals surface area contributed by atoms with Gasteiger partial charge in [0.15, 0.2) is 0 Å². The standard InChI is InChI=1S/C7H14N2OS2/c1-5(4-12-2)9-7(10)3-6(8)11/h5H,3-4H2,1-2H3,(H2,8,11)(H,9,10). The van der Waals surface area contributed by atoms with Gasteiger partial charge in [0.25, 0.3) is 0 Å². The van der Waals surface area contributed by atoms with Crippen molar-refractivity contribution in [2.75, 3.05) is 12.0 Å². The zero-order chi connectivity index (χ0) is 9.56. The molecule has 0 saturated heterocycles. The summed E-state index contributed by atoms with van der Waals surface area (Å²) in [5.41, 5.74) is 5.21. The topological polar surface area (TPSA) is 55.1 Å². The predicted molar refractivity (Wildman–Crippen MR) is 57.4 cm³/mol. The third kappa shape index (κ3) is 6.42. The van der Waals surface area contributed by atoms with E-state index in [0.29, 0.717) is 0 Å². The Morgan fingerprint density at radius 1 is 1.75 bits per heavy atom. The molecule has 5 heteroatoms. The summed E-state index contributed by atoms with van der Waals surface area (Å²) in [6.45, 7) is 1.95. The maximum atomic E-state index is 11.1. The molecular formula is C7H14N2OS2. The van der Waals surface area contributed by atoms with Gasteiger partial charge in [0.2, 0.25) is 5.91 Å². The van der Waals surface area contributed by atoms with Crippen LogP contribution in [0.3, 0.4) is 0 Å². The van der Waals surface area contributed by atoms with E-state index in [1.165, 1.54) is 0 Å². The van der Waals surface area contributed by atoms with Gasteiger partial charge >= 0.3 is 0 Å². The normalized spacial score (nSPS) is 12.2. The molecule has 1 amide bonds. The first-order valence-corrected chi connectivity index (χ1v) is 5.43. The maximum Gasteiger partial charge on any atom is 0.227 e. The van der Waals surface area contributed by atoms with Crippen molar-refractivity contribution in [2.45, 2.75) is 19.4 Å². The number of carbonyl (C=O) groups excluding carboxylic acids is 1. The van der Waals surface area contributed by atoms with Gasteiger partial charge < -0.3 is 11.1 Å². The van der Waals surface area contributed by atoms with E-state index in [9.17, 15) is 4.79 Å². The summed E-state index contributed by atoms with van der Waals surface area (Å²) < 4.78 is 0. The molecule has 0 aromatic rings. The van der Waals surface area contributed by atoms with Crippen molar-refractivity contribution in [3.63, 3.8) is 0 Å². The molecule has 1 atom stereocenters. The molecule has 3 N–H and O–H groups in total. The molecule has 0 aromatic heterocycles. The summed E-state index contributed by atoms with van der Waals surface area (Å²) in [7, 11) is 0. The summed E-state index contributed by atoms with van der Waals surface area (Å²) in [5, 5.41) is 2.78. The van der Waals surface area contributed by atoms with E-state index >= 15 is 0 Å². The van der Waals surface area contributed by atoms with Gasteiger partial charge in [-0.25, -0.2) is 0 Å². The van der Waals surface area contributed by atoms with Crippen LogP contribution in [0.4, 0.5) is 0 Å². The lowest BCUT2D eigenvalue weighted by atomic mass is 10.3. The van der Waals surface area contributed by atoms with Gasteiger partial charge in [-0.05, 0) is 13.2 Å². The van der Waals surface area contributed by atoms with Crippen LogP contribution in [0.1, 0.15) is 13.3 Å². The number of hydrogen-bond donors (Lipinski definition) is 2. The van der Waals surface area contributed by atoms with Gasteiger partial charge in [-0.1, -0.05) is 12.2 Å². The smallest absolute Gasteiger partial charge is 0.227 e. The number of carbonyl (C=O) groups is 1. The number of nitrogens with one attached hydrogen (secondary N) is 1. The van der Waals surface area contributed by atoms with Crippen LogP contribution in [0.2, 0.25) is 0 Å². The van der Waals surface area contributed by atoms with Crippen LogP contribution >= 0.6 is 24.0 Å². The van der Waals surface area contributed by atoms with E-state index < -0.39 is 0 Å². The number of thioether (sulfide) groups is 1. The summed E-state index contributed by atoms with van der Waals surface area (Å²) in [4.78, 5) is 11.3. The van der Waals surface area contributed by atoms with Crippen LogP contribution < -0.4 is 11.1 Å². The molecule has 0 radical (unpaired) electrons. The third-order valence-electron chi connectivity index (χ3n) is 1.16. The lowest BCUT2D eigenvalue weighted by molar-refractivity contribution is -0.120. The van der Waals surface area contributed by atoms with Crippen LogP contribution in [0, 0.1) is 0 Å². The van der Waals surface area contributed by atoms with Gasteiger partial charge in [0, 0.05) is 11.8 Å². The average Bonchev–Trinajstić information content (AvgIpc) is 1.84. The molecule has 12 heavy (non-hydrogen) atoms. The molecule has 0 aliphatic carbocycles. The first-order chi connectivity index (χ1) is 5.56. The average molecular weight is 206 g/mol. The maximum absolute atomic E-state index is 11.1. The Hall–Kier alpha value is -0.290. The minimum atomic E-state index is -0.0935. The number of rotatable bonds is 5. The Morgan fingerprint density at radius 2 is 2.33 bits per heavy atom. The molecule has 1 unspecified atom stereocenters. The number of thiocarbonyl (C=S) groups is 1.